The molecule has 1 fully saturated rings. The summed E-state index contributed by atoms with van der Waals surface area (Å²) in [5, 5.41) is 0. The smallest absolute Gasteiger partial charge is 0.124 e. The lowest BCUT2D eigenvalue weighted by Crippen LogP contribution is -2.18. The number of benzene rings is 1. The molecule has 2 atom stereocenters. The predicted molar refractivity (Wildman–Crippen MR) is 58.9 cm³/mol. The fourth-order valence-electron chi connectivity index (χ4n) is 2.06. The van der Waals surface area contributed by atoms with Crippen LogP contribution in [0.4, 0.5) is 4.39 Å². The van der Waals surface area contributed by atoms with E-state index in [0.717, 1.165) is 18.4 Å². The van der Waals surface area contributed by atoms with E-state index in [1.165, 1.54) is 12.1 Å². The van der Waals surface area contributed by atoms with Crippen molar-refractivity contribution in [1.29, 1.82) is 0 Å². The van der Waals surface area contributed by atoms with Gasteiger partial charge in [0.05, 0.1) is 19.3 Å². The second kappa shape index (κ2) is 4.80. The number of methoxy groups -OCH3 is 1. The van der Waals surface area contributed by atoms with Gasteiger partial charge in [0.25, 0.3) is 0 Å². The largest absolute Gasteiger partial charge is 0.496 e. The minimum absolute atomic E-state index is 0.0815. The van der Waals surface area contributed by atoms with Gasteiger partial charge in [-0.1, -0.05) is 0 Å². The lowest BCUT2D eigenvalue weighted by atomic mass is 10.0. The Labute approximate surface area is 94.3 Å². The maximum absolute atomic E-state index is 13.2. The molecule has 0 spiro atoms. The Morgan fingerprint density at radius 3 is 2.94 bits per heavy atom. The Balaban J connectivity index is 2.22. The normalized spacial score (nSPS) is 24.7. The molecule has 0 aromatic heterocycles. The van der Waals surface area contributed by atoms with Gasteiger partial charge in [-0.05, 0) is 31.0 Å². The molecular formula is C12H16FNO2. The van der Waals surface area contributed by atoms with Crippen LogP contribution in [-0.4, -0.2) is 19.8 Å². The molecule has 3 nitrogen and oxygen atoms in total. The van der Waals surface area contributed by atoms with Crippen molar-refractivity contribution in [2.75, 3.05) is 13.7 Å². The third-order valence-electron chi connectivity index (χ3n) is 2.91. The van der Waals surface area contributed by atoms with Crippen LogP contribution >= 0.6 is 0 Å². The molecule has 0 amide bonds. The van der Waals surface area contributed by atoms with E-state index < -0.39 is 0 Å². The minimum atomic E-state index is -0.268. The lowest BCUT2D eigenvalue weighted by molar-refractivity contribution is 0.0483. The standard InChI is InChI=1S/C12H16FNO2/c1-15-11-4-2-8(13)6-10(11)12-5-3-9(7-14)16-12/h2,4,6,9,12H,3,5,7,14H2,1H3/t9-,12+/m0/s1. The van der Waals surface area contributed by atoms with Gasteiger partial charge in [-0.15, -0.1) is 0 Å². The third kappa shape index (κ3) is 2.18. The van der Waals surface area contributed by atoms with Crippen molar-refractivity contribution in [2.24, 2.45) is 5.73 Å². The number of rotatable bonds is 3. The molecule has 88 valence electrons. The number of hydrogen-bond donors (Lipinski definition) is 1. The van der Waals surface area contributed by atoms with Gasteiger partial charge in [0.15, 0.2) is 0 Å². The molecular weight excluding hydrogens is 209 g/mol. The number of halogens is 1. The Kier molecular flexibility index (Phi) is 3.41. The van der Waals surface area contributed by atoms with Crippen molar-refractivity contribution in [2.45, 2.75) is 25.0 Å². The van der Waals surface area contributed by atoms with Gasteiger partial charge in [0, 0.05) is 12.1 Å². The van der Waals surface area contributed by atoms with Gasteiger partial charge >= 0.3 is 0 Å². The van der Waals surface area contributed by atoms with Crippen LogP contribution in [0.3, 0.4) is 0 Å². The topological polar surface area (TPSA) is 44.5 Å². The van der Waals surface area contributed by atoms with Gasteiger partial charge in [-0.25, -0.2) is 4.39 Å². The van der Waals surface area contributed by atoms with Crippen molar-refractivity contribution in [3.8, 4) is 5.75 Å². The van der Waals surface area contributed by atoms with E-state index in [1.54, 1.807) is 13.2 Å². The second-order valence-electron chi connectivity index (χ2n) is 3.95. The highest BCUT2D eigenvalue weighted by atomic mass is 19.1. The summed E-state index contributed by atoms with van der Waals surface area (Å²) in [4.78, 5) is 0. The molecule has 0 aliphatic carbocycles. The average Bonchev–Trinajstić information content (AvgIpc) is 2.77. The van der Waals surface area contributed by atoms with Crippen molar-refractivity contribution < 1.29 is 13.9 Å². The first-order valence-electron chi connectivity index (χ1n) is 5.43. The summed E-state index contributed by atoms with van der Waals surface area (Å²) < 4.78 is 24.1. The summed E-state index contributed by atoms with van der Waals surface area (Å²) in [5.41, 5.74) is 6.32. The van der Waals surface area contributed by atoms with Crippen molar-refractivity contribution in [3.63, 3.8) is 0 Å². The van der Waals surface area contributed by atoms with Gasteiger partial charge in [-0.2, -0.15) is 0 Å². The zero-order valence-electron chi connectivity index (χ0n) is 9.28. The highest BCUT2D eigenvalue weighted by Crippen LogP contribution is 2.37. The quantitative estimate of drug-likeness (QED) is 0.855. The van der Waals surface area contributed by atoms with E-state index in [-0.39, 0.29) is 18.0 Å². The van der Waals surface area contributed by atoms with E-state index in [4.69, 9.17) is 15.2 Å². The number of hydrogen-bond acceptors (Lipinski definition) is 3. The van der Waals surface area contributed by atoms with Crippen LogP contribution in [0.2, 0.25) is 0 Å². The predicted octanol–water partition coefficient (Wildman–Crippen LogP) is 2.01. The highest BCUT2D eigenvalue weighted by molar-refractivity contribution is 5.36. The molecule has 0 saturated carbocycles. The minimum Gasteiger partial charge on any atom is -0.496 e. The van der Waals surface area contributed by atoms with Gasteiger partial charge in [0.1, 0.15) is 11.6 Å². The van der Waals surface area contributed by atoms with Crippen molar-refractivity contribution >= 4 is 0 Å². The molecule has 1 saturated heterocycles. The summed E-state index contributed by atoms with van der Waals surface area (Å²) >= 11 is 0. The van der Waals surface area contributed by atoms with Crippen LogP contribution in [0.5, 0.6) is 5.75 Å². The van der Waals surface area contributed by atoms with Crippen molar-refractivity contribution in [3.05, 3.63) is 29.6 Å². The van der Waals surface area contributed by atoms with E-state index in [0.29, 0.717) is 12.3 Å². The summed E-state index contributed by atoms with van der Waals surface area (Å²) in [6.07, 6.45) is 1.76. The first kappa shape index (κ1) is 11.4. The van der Waals surface area contributed by atoms with Crippen LogP contribution in [0.1, 0.15) is 24.5 Å². The fraction of sp³-hybridized carbons (Fsp3) is 0.500. The first-order valence-corrected chi connectivity index (χ1v) is 5.43. The molecule has 2 rings (SSSR count). The number of ether oxygens (including phenoxy) is 2. The number of nitrogens with two attached hydrogens (primary N) is 1. The molecule has 0 unspecified atom stereocenters. The van der Waals surface area contributed by atoms with Crippen LogP contribution in [0, 0.1) is 5.82 Å². The Morgan fingerprint density at radius 1 is 1.50 bits per heavy atom. The molecule has 1 heterocycles. The monoisotopic (exact) mass is 225 g/mol. The SMILES string of the molecule is COc1ccc(F)cc1[C@H]1CC[C@@H](CN)O1. The fourth-order valence-corrected chi connectivity index (χ4v) is 2.06. The molecule has 0 bridgehead atoms. The van der Waals surface area contributed by atoms with Gasteiger partial charge in [0.2, 0.25) is 0 Å². The lowest BCUT2D eigenvalue weighted by Gasteiger charge is -2.15. The Morgan fingerprint density at radius 2 is 2.31 bits per heavy atom. The molecule has 1 aromatic rings. The van der Waals surface area contributed by atoms with Gasteiger partial charge < -0.3 is 15.2 Å². The Bertz CT molecular complexity index is 370. The maximum Gasteiger partial charge on any atom is 0.124 e. The van der Waals surface area contributed by atoms with E-state index in [2.05, 4.69) is 0 Å². The summed E-state index contributed by atoms with van der Waals surface area (Å²) in [6, 6.07) is 4.49. The zero-order valence-corrected chi connectivity index (χ0v) is 9.28. The highest BCUT2D eigenvalue weighted by Gasteiger charge is 2.27. The third-order valence-corrected chi connectivity index (χ3v) is 2.91. The maximum atomic E-state index is 13.2. The van der Waals surface area contributed by atoms with Crippen LogP contribution < -0.4 is 10.5 Å². The first-order chi connectivity index (χ1) is 7.74. The summed E-state index contributed by atoms with van der Waals surface area (Å²) in [6.45, 7) is 0.508. The summed E-state index contributed by atoms with van der Waals surface area (Å²) in [5.74, 6) is 0.402. The average molecular weight is 225 g/mol. The van der Waals surface area contributed by atoms with E-state index >= 15 is 0 Å². The van der Waals surface area contributed by atoms with Crippen LogP contribution in [0.15, 0.2) is 18.2 Å². The molecule has 0 radical (unpaired) electrons. The van der Waals surface area contributed by atoms with Gasteiger partial charge in [-0.3, -0.25) is 0 Å². The molecule has 16 heavy (non-hydrogen) atoms. The van der Waals surface area contributed by atoms with E-state index in [1.807, 2.05) is 0 Å². The van der Waals surface area contributed by atoms with Crippen LogP contribution in [0.25, 0.3) is 0 Å². The van der Waals surface area contributed by atoms with Crippen LogP contribution in [-0.2, 0) is 4.74 Å². The van der Waals surface area contributed by atoms with E-state index in [9.17, 15) is 4.39 Å². The second-order valence-corrected chi connectivity index (χ2v) is 3.95. The Hall–Kier alpha value is -1.13. The molecule has 2 N–H and O–H groups in total. The molecule has 1 aliphatic rings. The molecule has 4 heteroatoms. The van der Waals surface area contributed by atoms with Crippen molar-refractivity contribution in [1.82, 2.24) is 0 Å². The zero-order chi connectivity index (χ0) is 11.5. The molecule has 1 aliphatic heterocycles. The summed E-state index contributed by atoms with van der Waals surface area (Å²) in [7, 11) is 1.58. The molecule has 1 aromatic carbocycles.